The number of hydrogen-bond acceptors (Lipinski definition) is 4. The highest BCUT2D eigenvalue weighted by molar-refractivity contribution is 7.22. The Kier molecular flexibility index (Phi) is 3.60. The molecule has 0 aliphatic carbocycles. The van der Waals surface area contributed by atoms with E-state index in [1.54, 1.807) is 11.3 Å². The summed E-state index contributed by atoms with van der Waals surface area (Å²) in [6.07, 6.45) is 2.86. The predicted octanol–water partition coefficient (Wildman–Crippen LogP) is 2.78. The Balaban J connectivity index is 2.21. The summed E-state index contributed by atoms with van der Waals surface area (Å²) in [7, 11) is -0.269. The van der Waals surface area contributed by atoms with Crippen LogP contribution in [0, 0.1) is 12.8 Å². The lowest BCUT2D eigenvalue weighted by Gasteiger charge is -2.37. The van der Waals surface area contributed by atoms with E-state index in [9.17, 15) is 0 Å². The maximum atomic E-state index is 6.22. The molecule has 0 saturated carbocycles. The van der Waals surface area contributed by atoms with E-state index in [0.29, 0.717) is 5.92 Å². The van der Waals surface area contributed by atoms with E-state index in [-0.39, 0.29) is 18.3 Å². The second-order valence-corrected chi connectivity index (χ2v) is 7.45. The topological polar surface area (TPSA) is 31.4 Å². The molecule has 0 N–H and O–H groups in total. The molecule has 1 aliphatic heterocycles. The van der Waals surface area contributed by atoms with Crippen molar-refractivity contribution < 1.29 is 9.31 Å². The minimum atomic E-state index is -0.278. The lowest BCUT2D eigenvalue weighted by Crippen LogP contribution is -2.45. The van der Waals surface area contributed by atoms with E-state index in [4.69, 9.17) is 9.31 Å². The third-order valence-electron chi connectivity index (χ3n) is 3.71. The molecule has 0 bridgehead atoms. The van der Waals surface area contributed by atoms with Gasteiger partial charge in [0.15, 0.2) is 0 Å². The SMILES string of the molecule is Cc1ncc(B2OC(C)(C)C(C)(CC(C)C)O2)s1. The summed E-state index contributed by atoms with van der Waals surface area (Å²) in [6.45, 7) is 12.8. The first-order valence-electron chi connectivity index (χ1n) is 6.51. The normalized spacial score (nSPS) is 27.2. The van der Waals surface area contributed by atoms with Crippen molar-refractivity contribution in [1.82, 2.24) is 4.98 Å². The van der Waals surface area contributed by atoms with Gasteiger partial charge in [0.2, 0.25) is 0 Å². The zero-order valence-corrected chi connectivity index (χ0v) is 12.9. The van der Waals surface area contributed by atoms with E-state index in [0.717, 1.165) is 16.2 Å². The molecule has 1 unspecified atom stereocenters. The first-order chi connectivity index (χ1) is 8.23. The molecule has 1 aliphatic rings. The van der Waals surface area contributed by atoms with Crippen LogP contribution in [0.3, 0.4) is 0 Å². The number of aromatic nitrogens is 1. The maximum absolute atomic E-state index is 6.22. The van der Waals surface area contributed by atoms with E-state index in [1.165, 1.54) is 0 Å². The van der Waals surface area contributed by atoms with Crippen LogP contribution < -0.4 is 4.78 Å². The van der Waals surface area contributed by atoms with Gasteiger partial charge in [0.05, 0.1) is 21.0 Å². The molecule has 1 atom stereocenters. The first-order valence-corrected chi connectivity index (χ1v) is 7.33. The van der Waals surface area contributed by atoms with E-state index in [1.807, 2.05) is 13.1 Å². The zero-order chi connectivity index (χ0) is 13.6. The number of hydrogen-bond donors (Lipinski definition) is 0. The van der Waals surface area contributed by atoms with Crippen LogP contribution in [0.4, 0.5) is 0 Å². The molecule has 0 aromatic carbocycles. The van der Waals surface area contributed by atoms with Crippen LogP contribution in [0.2, 0.25) is 0 Å². The highest BCUT2D eigenvalue weighted by Crippen LogP contribution is 2.41. The Labute approximate surface area is 114 Å². The molecule has 3 nitrogen and oxygen atoms in total. The van der Waals surface area contributed by atoms with Gasteiger partial charge in [-0.15, -0.1) is 11.3 Å². The van der Waals surface area contributed by atoms with Gasteiger partial charge in [-0.2, -0.15) is 0 Å². The van der Waals surface area contributed by atoms with Crippen molar-refractivity contribution >= 4 is 23.2 Å². The Hall–Kier alpha value is -0.385. The summed E-state index contributed by atoms with van der Waals surface area (Å²) in [4.78, 5) is 4.28. The number of rotatable bonds is 3. The summed E-state index contributed by atoms with van der Waals surface area (Å²) in [5.74, 6) is 0.583. The average Bonchev–Trinajstić information content (AvgIpc) is 2.69. The van der Waals surface area contributed by atoms with Crippen LogP contribution >= 0.6 is 11.3 Å². The highest BCUT2D eigenvalue weighted by atomic mass is 32.1. The Morgan fingerprint density at radius 1 is 1.33 bits per heavy atom. The van der Waals surface area contributed by atoms with Crippen molar-refractivity contribution in [2.24, 2.45) is 5.92 Å². The van der Waals surface area contributed by atoms with Crippen LogP contribution in [0.25, 0.3) is 0 Å². The number of thiazole rings is 1. The van der Waals surface area contributed by atoms with Crippen molar-refractivity contribution in [2.45, 2.75) is 59.2 Å². The standard InChI is InChI=1S/C13H22BNO2S/c1-9(2)7-13(6)12(4,5)16-14(17-13)11-8-15-10(3)18-11/h8-9H,7H2,1-6H3. The van der Waals surface area contributed by atoms with Gasteiger partial charge in [-0.25, -0.2) is 0 Å². The lowest BCUT2D eigenvalue weighted by atomic mass is 9.81. The molecule has 0 spiro atoms. The molecule has 1 fully saturated rings. The Bertz CT molecular complexity index is 432. The fraction of sp³-hybridized carbons (Fsp3) is 0.769. The number of aryl methyl sites for hydroxylation is 1. The molecule has 18 heavy (non-hydrogen) atoms. The van der Waals surface area contributed by atoms with Crippen molar-refractivity contribution in [3.8, 4) is 0 Å². The van der Waals surface area contributed by atoms with Crippen molar-refractivity contribution in [3.63, 3.8) is 0 Å². The molecular formula is C13H22BNO2S. The first kappa shape index (κ1) is 14.0. The summed E-state index contributed by atoms with van der Waals surface area (Å²) in [5.41, 5.74) is -0.524. The van der Waals surface area contributed by atoms with Crippen molar-refractivity contribution in [3.05, 3.63) is 11.2 Å². The molecule has 1 aromatic rings. The maximum Gasteiger partial charge on any atom is 0.507 e. The molecule has 2 heterocycles. The molecule has 0 radical (unpaired) electrons. The van der Waals surface area contributed by atoms with Gasteiger partial charge in [0, 0.05) is 6.20 Å². The Morgan fingerprint density at radius 2 is 2.00 bits per heavy atom. The van der Waals surface area contributed by atoms with Crippen molar-refractivity contribution in [2.75, 3.05) is 0 Å². The minimum Gasteiger partial charge on any atom is -0.399 e. The van der Waals surface area contributed by atoms with E-state index in [2.05, 4.69) is 39.6 Å². The van der Waals surface area contributed by atoms with Gasteiger partial charge in [0.25, 0.3) is 0 Å². The van der Waals surface area contributed by atoms with E-state index >= 15 is 0 Å². The van der Waals surface area contributed by atoms with Crippen LogP contribution in [0.15, 0.2) is 6.20 Å². The third-order valence-corrected chi connectivity index (χ3v) is 4.65. The average molecular weight is 267 g/mol. The molecule has 100 valence electrons. The van der Waals surface area contributed by atoms with Gasteiger partial charge >= 0.3 is 7.12 Å². The van der Waals surface area contributed by atoms with Crippen molar-refractivity contribution in [1.29, 1.82) is 0 Å². The van der Waals surface area contributed by atoms with Gasteiger partial charge in [-0.05, 0) is 40.0 Å². The van der Waals surface area contributed by atoms with Crippen LogP contribution in [0.1, 0.15) is 46.0 Å². The summed E-state index contributed by atoms with van der Waals surface area (Å²) in [6, 6.07) is 0. The molecule has 1 saturated heterocycles. The Morgan fingerprint density at radius 3 is 2.50 bits per heavy atom. The molecule has 5 heteroatoms. The van der Waals surface area contributed by atoms with E-state index < -0.39 is 0 Å². The largest absolute Gasteiger partial charge is 0.507 e. The quantitative estimate of drug-likeness (QED) is 0.789. The monoisotopic (exact) mass is 267 g/mol. The van der Waals surface area contributed by atoms with Crippen LogP contribution in [-0.2, 0) is 9.31 Å². The summed E-state index contributed by atoms with van der Waals surface area (Å²) >= 11 is 1.64. The zero-order valence-electron chi connectivity index (χ0n) is 12.1. The predicted molar refractivity (Wildman–Crippen MR) is 76.3 cm³/mol. The summed E-state index contributed by atoms with van der Waals surface area (Å²) < 4.78 is 13.4. The molecular weight excluding hydrogens is 245 g/mol. The van der Waals surface area contributed by atoms with Gasteiger partial charge < -0.3 is 9.31 Å². The smallest absolute Gasteiger partial charge is 0.399 e. The fourth-order valence-electron chi connectivity index (χ4n) is 2.47. The molecule has 1 aromatic heterocycles. The highest BCUT2D eigenvalue weighted by Gasteiger charge is 2.55. The number of nitrogens with zero attached hydrogens (tertiary/aromatic N) is 1. The van der Waals surface area contributed by atoms with Crippen LogP contribution in [0.5, 0.6) is 0 Å². The van der Waals surface area contributed by atoms with Gasteiger partial charge in [-0.1, -0.05) is 13.8 Å². The fourth-order valence-corrected chi connectivity index (χ4v) is 3.21. The second-order valence-electron chi connectivity index (χ2n) is 6.19. The third kappa shape index (κ3) is 2.49. The van der Waals surface area contributed by atoms with Crippen LogP contribution in [-0.4, -0.2) is 23.3 Å². The second kappa shape index (κ2) is 4.62. The minimum absolute atomic E-state index is 0.246. The van der Waals surface area contributed by atoms with Gasteiger partial charge in [0.1, 0.15) is 0 Å². The lowest BCUT2D eigenvalue weighted by molar-refractivity contribution is -0.0239. The summed E-state index contributed by atoms with van der Waals surface area (Å²) in [5, 5.41) is 1.05. The molecule has 0 amide bonds. The molecule has 2 rings (SSSR count). The van der Waals surface area contributed by atoms with Gasteiger partial charge in [-0.3, -0.25) is 4.98 Å².